The van der Waals surface area contributed by atoms with Crippen LogP contribution in [0.5, 0.6) is 0 Å². The van der Waals surface area contributed by atoms with Crippen molar-refractivity contribution in [3.8, 4) is 0 Å². The fourth-order valence-electron chi connectivity index (χ4n) is 5.35. The Hall–Kier alpha value is -2.40. The predicted molar refractivity (Wildman–Crippen MR) is 166 cm³/mol. The Balaban J connectivity index is 1.81. The van der Waals surface area contributed by atoms with E-state index in [1.54, 1.807) is 41.3 Å². The Morgan fingerprint density at radius 1 is 0.837 bits per heavy atom. The van der Waals surface area contributed by atoms with Crippen molar-refractivity contribution < 1.29 is 37.9 Å². The summed E-state index contributed by atoms with van der Waals surface area (Å²) >= 11 is 0. The zero-order chi connectivity index (χ0) is 31.3. The van der Waals surface area contributed by atoms with E-state index in [4.69, 9.17) is 37.9 Å². The second-order valence-electron chi connectivity index (χ2n) is 11.2. The van der Waals surface area contributed by atoms with Gasteiger partial charge in [-0.1, -0.05) is 79.7 Å². The maximum atomic E-state index is 6.61. The SMILES string of the molecule is C=C[C@@H](C[C@@H](C)[C@H](COCc1ccccc1)OCc1ccccc1)[C@H](OCOC)[C@H]1O[C@](C)(OC)[C@@](C)(OC)O[C@@H]1C=C. The van der Waals surface area contributed by atoms with Crippen LogP contribution in [0, 0.1) is 11.8 Å². The van der Waals surface area contributed by atoms with E-state index in [1.165, 1.54) is 0 Å². The molecule has 43 heavy (non-hydrogen) atoms. The molecule has 1 heterocycles. The Morgan fingerprint density at radius 3 is 1.95 bits per heavy atom. The monoisotopic (exact) mass is 598 g/mol. The molecule has 238 valence electrons. The second kappa shape index (κ2) is 17.2. The smallest absolute Gasteiger partial charge is 0.220 e. The van der Waals surface area contributed by atoms with E-state index in [9.17, 15) is 0 Å². The van der Waals surface area contributed by atoms with Crippen molar-refractivity contribution >= 4 is 0 Å². The van der Waals surface area contributed by atoms with Crippen molar-refractivity contribution in [1.29, 1.82) is 0 Å². The molecule has 3 rings (SSSR count). The summed E-state index contributed by atoms with van der Waals surface area (Å²) in [6.07, 6.45) is 2.45. The fraction of sp³-hybridized carbons (Fsp3) is 0.543. The number of benzene rings is 2. The first-order valence-electron chi connectivity index (χ1n) is 14.8. The minimum atomic E-state index is -1.22. The van der Waals surface area contributed by atoms with Gasteiger partial charge in [-0.25, -0.2) is 0 Å². The molecule has 8 atom stereocenters. The first kappa shape index (κ1) is 35.1. The summed E-state index contributed by atoms with van der Waals surface area (Å²) in [5.41, 5.74) is 2.22. The molecule has 0 spiro atoms. The highest BCUT2D eigenvalue weighted by atomic mass is 16.8. The van der Waals surface area contributed by atoms with Gasteiger partial charge in [0.25, 0.3) is 0 Å². The Labute approximate surface area is 257 Å². The predicted octanol–water partition coefficient (Wildman–Crippen LogP) is 6.30. The van der Waals surface area contributed by atoms with Crippen molar-refractivity contribution in [2.24, 2.45) is 11.8 Å². The van der Waals surface area contributed by atoms with Gasteiger partial charge in [-0.15, -0.1) is 13.2 Å². The van der Waals surface area contributed by atoms with Gasteiger partial charge in [0.2, 0.25) is 11.6 Å². The molecule has 0 aliphatic carbocycles. The van der Waals surface area contributed by atoms with Gasteiger partial charge in [0.1, 0.15) is 19.0 Å². The molecule has 2 aromatic carbocycles. The van der Waals surface area contributed by atoms with Crippen LogP contribution >= 0.6 is 0 Å². The van der Waals surface area contributed by atoms with E-state index in [2.05, 4.69) is 44.3 Å². The number of methoxy groups -OCH3 is 3. The molecule has 0 bridgehead atoms. The Kier molecular flexibility index (Phi) is 14.0. The zero-order valence-corrected chi connectivity index (χ0v) is 26.6. The molecule has 0 saturated carbocycles. The summed E-state index contributed by atoms with van der Waals surface area (Å²) in [7, 11) is 4.71. The minimum Gasteiger partial charge on any atom is -0.374 e. The molecular formula is C35H50O8. The molecule has 1 aliphatic heterocycles. The molecule has 0 amide bonds. The average molecular weight is 599 g/mol. The van der Waals surface area contributed by atoms with E-state index in [0.717, 1.165) is 11.1 Å². The van der Waals surface area contributed by atoms with Crippen molar-refractivity contribution in [1.82, 2.24) is 0 Å². The van der Waals surface area contributed by atoms with Crippen LogP contribution in [0.25, 0.3) is 0 Å². The van der Waals surface area contributed by atoms with Crippen molar-refractivity contribution in [3.63, 3.8) is 0 Å². The number of hydrogen-bond acceptors (Lipinski definition) is 8. The van der Waals surface area contributed by atoms with Crippen molar-refractivity contribution in [3.05, 3.63) is 97.1 Å². The summed E-state index contributed by atoms with van der Waals surface area (Å²) in [6.45, 7) is 15.4. The zero-order valence-electron chi connectivity index (χ0n) is 26.6. The van der Waals surface area contributed by atoms with Gasteiger partial charge in [-0.3, -0.25) is 0 Å². The van der Waals surface area contributed by atoms with Crippen LogP contribution in [-0.2, 0) is 51.1 Å². The van der Waals surface area contributed by atoms with E-state index in [-0.39, 0.29) is 24.7 Å². The topological polar surface area (TPSA) is 73.8 Å². The number of hydrogen-bond donors (Lipinski definition) is 0. The summed E-state index contributed by atoms with van der Waals surface area (Å²) in [4.78, 5) is 0. The Bertz CT molecular complexity index is 1080. The lowest BCUT2D eigenvalue weighted by molar-refractivity contribution is -0.450. The molecule has 2 aromatic rings. The lowest BCUT2D eigenvalue weighted by Gasteiger charge is -2.53. The molecule has 0 radical (unpaired) electrons. The number of ether oxygens (including phenoxy) is 8. The summed E-state index contributed by atoms with van der Waals surface area (Å²) in [5, 5.41) is 0. The van der Waals surface area contributed by atoms with Gasteiger partial charge in [-0.05, 0) is 37.3 Å². The first-order valence-corrected chi connectivity index (χ1v) is 14.8. The summed E-state index contributed by atoms with van der Waals surface area (Å²) in [6, 6.07) is 20.3. The van der Waals surface area contributed by atoms with Gasteiger partial charge < -0.3 is 37.9 Å². The van der Waals surface area contributed by atoms with Gasteiger partial charge in [-0.2, -0.15) is 0 Å². The average Bonchev–Trinajstić information content (AvgIpc) is 3.04. The van der Waals surface area contributed by atoms with Crippen molar-refractivity contribution in [2.75, 3.05) is 34.7 Å². The molecule has 1 saturated heterocycles. The van der Waals surface area contributed by atoms with Crippen LogP contribution in [0.1, 0.15) is 38.3 Å². The fourth-order valence-corrected chi connectivity index (χ4v) is 5.35. The highest BCUT2D eigenvalue weighted by Gasteiger charge is 2.58. The first-order chi connectivity index (χ1) is 20.7. The molecule has 0 unspecified atom stereocenters. The summed E-state index contributed by atoms with van der Waals surface area (Å²) in [5.74, 6) is -2.48. The van der Waals surface area contributed by atoms with Crippen LogP contribution in [0.4, 0.5) is 0 Å². The summed E-state index contributed by atoms with van der Waals surface area (Å²) < 4.78 is 48.8. The molecular weight excluding hydrogens is 548 g/mol. The minimum absolute atomic E-state index is 0.0620. The third-order valence-corrected chi connectivity index (χ3v) is 8.29. The van der Waals surface area contributed by atoms with Gasteiger partial charge >= 0.3 is 0 Å². The third-order valence-electron chi connectivity index (χ3n) is 8.29. The molecule has 8 heteroatoms. The molecule has 0 N–H and O–H groups in total. The largest absolute Gasteiger partial charge is 0.374 e. The standard InChI is InChI=1S/C35H50O8/c1-9-29(32(41-25-36-6)33-30(10-2)42-34(4,37-7)35(5,38-8)43-33)21-26(3)31(40-23-28-19-15-12-16-20-28)24-39-22-27-17-13-11-14-18-27/h9-20,26,29-33H,1-2,21-25H2,3-8H3/t26-,29+,30-,31+,32+,33+,34+,35+/m1/s1. The molecule has 8 nitrogen and oxygen atoms in total. The van der Waals surface area contributed by atoms with Crippen LogP contribution in [0.15, 0.2) is 86.0 Å². The van der Waals surface area contributed by atoms with E-state index >= 15 is 0 Å². The molecule has 0 aromatic heterocycles. The van der Waals surface area contributed by atoms with E-state index in [1.807, 2.05) is 42.5 Å². The lowest BCUT2D eigenvalue weighted by Crippen LogP contribution is -2.67. The Morgan fingerprint density at radius 2 is 1.42 bits per heavy atom. The number of rotatable bonds is 19. The lowest BCUT2D eigenvalue weighted by atomic mass is 9.84. The van der Waals surface area contributed by atoms with Crippen LogP contribution < -0.4 is 0 Å². The second-order valence-corrected chi connectivity index (χ2v) is 11.2. The molecule has 1 fully saturated rings. The maximum Gasteiger partial charge on any atom is 0.220 e. The van der Waals surface area contributed by atoms with Gasteiger partial charge in [0.15, 0.2) is 0 Å². The van der Waals surface area contributed by atoms with Gasteiger partial charge in [0.05, 0.1) is 32.0 Å². The van der Waals surface area contributed by atoms with Crippen LogP contribution in [0.3, 0.4) is 0 Å². The normalized spacial score (nSPS) is 26.7. The maximum absolute atomic E-state index is 6.61. The third kappa shape index (κ3) is 9.30. The quantitative estimate of drug-likeness (QED) is 0.138. The van der Waals surface area contributed by atoms with E-state index < -0.39 is 29.9 Å². The van der Waals surface area contributed by atoms with E-state index in [0.29, 0.717) is 26.2 Å². The highest BCUT2D eigenvalue weighted by molar-refractivity contribution is 5.14. The van der Waals surface area contributed by atoms with Crippen LogP contribution in [0.2, 0.25) is 0 Å². The highest BCUT2D eigenvalue weighted by Crippen LogP contribution is 2.42. The van der Waals surface area contributed by atoms with Crippen LogP contribution in [-0.4, -0.2) is 70.7 Å². The van der Waals surface area contributed by atoms with Crippen molar-refractivity contribution in [2.45, 2.75) is 76.4 Å². The van der Waals surface area contributed by atoms with Gasteiger partial charge in [0, 0.05) is 27.2 Å². The molecule has 1 aliphatic rings.